The van der Waals surface area contributed by atoms with Gasteiger partial charge in [-0.15, -0.1) is 0 Å². The molecule has 1 heterocycles. The van der Waals surface area contributed by atoms with Crippen molar-refractivity contribution >= 4 is 6.03 Å². The number of amides is 2. The van der Waals surface area contributed by atoms with Crippen LogP contribution in [-0.2, 0) is 0 Å². The zero-order chi connectivity index (χ0) is 15.3. The first-order valence-electron chi connectivity index (χ1n) is 7.82. The molecular weight excluding hydrogens is 264 g/mol. The highest BCUT2D eigenvalue weighted by Crippen LogP contribution is 2.28. The molecule has 4 nitrogen and oxygen atoms in total. The van der Waals surface area contributed by atoms with Crippen LogP contribution >= 0.6 is 0 Å². The summed E-state index contributed by atoms with van der Waals surface area (Å²) in [4.78, 5) is 14.2. The van der Waals surface area contributed by atoms with E-state index in [4.69, 9.17) is 0 Å². The van der Waals surface area contributed by atoms with Gasteiger partial charge in [0.25, 0.3) is 0 Å². The summed E-state index contributed by atoms with van der Waals surface area (Å²) in [5.74, 6) is 0.332. The van der Waals surface area contributed by atoms with E-state index in [0.717, 1.165) is 25.8 Å². The first-order valence-corrected chi connectivity index (χ1v) is 7.82. The Labute approximate surface area is 127 Å². The molecule has 0 bridgehead atoms. The normalized spacial score (nSPS) is 23.1. The van der Waals surface area contributed by atoms with E-state index < -0.39 is 5.54 Å². The first kappa shape index (κ1) is 15.8. The van der Waals surface area contributed by atoms with E-state index >= 15 is 0 Å². The Balaban J connectivity index is 1.94. The van der Waals surface area contributed by atoms with Gasteiger partial charge in [0.05, 0.1) is 12.1 Å². The maximum Gasteiger partial charge on any atom is 0.317 e. The number of urea groups is 1. The number of aliphatic hydroxyl groups excluding tert-OH is 1. The first-order chi connectivity index (χ1) is 10.1. The zero-order valence-corrected chi connectivity index (χ0v) is 13.0. The van der Waals surface area contributed by atoms with Crippen molar-refractivity contribution in [2.45, 2.75) is 44.6 Å². The van der Waals surface area contributed by atoms with Crippen LogP contribution in [0, 0.1) is 0 Å². The number of rotatable bonds is 5. The van der Waals surface area contributed by atoms with Crippen molar-refractivity contribution < 1.29 is 9.90 Å². The lowest BCUT2D eigenvalue weighted by molar-refractivity contribution is 0.0972. The van der Waals surface area contributed by atoms with Gasteiger partial charge in [-0.3, -0.25) is 0 Å². The van der Waals surface area contributed by atoms with Gasteiger partial charge >= 0.3 is 6.03 Å². The van der Waals surface area contributed by atoms with E-state index in [1.54, 1.807) is 4.90 Å². The van der Waals surface area contributed by atoms with Crippen LogP contribution in [0.2, 0.25) is 0 Å². The molecule has 0 unspecified atom stereocenters. The minimum Gasteiger partial charge on any atom is -0.394 e. The molecule has 1 aliphatic heterocycles. The SMILES string of the molecule is CC[C@@H](CNC(=O)N1CCC[C@]1(C)CO)c1ccccc1. The lowest BCUT2D eigenvalue weighted by Gasteiger charge is -2.34. The predicted molar refractivity (Wildman–Crippen MR) is 84.3 cm³/mol. The molecule has 2 N–H and O–H groups in total. The third-order valence-corrected chi connectivity index (χ3v) is 4.60. The van der Waals surface area contributed by atoms with Gasteiger partial charge in [-0.2, -0.15) is 0 Å². The number of carbonyl (C=O) groups is 1. The summed E-state index contributed by atoms with van der Waals surface area (Å²) in [7, 11) is 0. The fourth-order valence-corrected chi connectivity index (χ4v) is 3.06. The van der Waals surface area contributed by atoms with Crippen LogP contribution in [0.15, 0.2) is 30.3 Å². The molecule has 2 atom stereocenters. The molecular formula is C17H26N2O2. The van der Waals surface area contributed by atoms with Crippen LogP contribution in [0.4, 0.5) is 4.79 Å². The zero-order valence-electron chi connectivity index (χ0n) is 13.0. The van der Waals surface area contributed by atoms with E-state index in [1.807, 2.05) is 25.1 Å². The van der Waals surface area contributed by atoms with E-state index in [-0.39, 0.29) is 12.6 Å². The van der Waals surface area contributed by atoms with Crippen LogP contribution in [0.25, 0.3) is 0 Å². The minimum absolute atomic E-state index is 0.0241. The quantitative estimate of drug-likeness (QED) is 0.876. The molecule has 1 saturated heterocycles. The van der Waals surface area contributed by atoms with Crippen LogP contribution in [0.1, 0.15) is 44.6 Å². The van der Waals surface area contributed by atoms with E-state index in [2.05, 4.69) is 24.4 Å². The molecule has 0 aliphatic carbocycles. The highest BCUT2D eigenvalue weighted by atomic mass is 16.3. The molecule has 116 valence electrons. The summed E-state index contributed by atoms with van der Waals surface area (Å²) in [5, 5.41) is 12.6. The van der Waals surface area contributed by atoms with Crippen molar-refractivity contribution in [1.29, 1.82) is 0 Å². The summed E-state index contributed by atoms with van der Waals surface area (Å²) in [6.07, 6.45) is 2.81. The number of hydrogen-bond donors (Lipinski definition) is 2. The maximum absolute atomic E-state index is 12.4. The molecule has 0 saturated carbocycles. The lowest BCUT2D eigenvalue weighted by atomic mass is 9.96. The largest absolute Gasteiger partial charge is 0.394 e. The average molecular weight is 290 g/mol. The standard InChI is InChI=1S/C17H26N2O2/c1-3-14(15-8-5-4-6-9-15)12-18-16(21)19-11-7-10-17(19,2)13-20/h4-6,8-9,14,20H,3,7,10-13H2,1-2H3,(H,18,21)/t14-,17+/m0/s1. The van der Waals surface area contributed by atoms with Crippen molar-refractivity contribution in [3.8, 4) is 0 Å². The number of carbonyl (C=O) groups excluding carboxylic acids is 1. The fraction of sp³-hybridized carbons (Fsp3) is 0.588. The van der Waals surface area contributed by atoms with Crippen LogP contribution < -0.4 is 5.32 Å². The predicted octanol–water partition coefficient (Wildman–Crippen LogP) is 2.74. The molecule has 2 rings (SSSR count). The van der Waals surface area contributed by atoms with Crippen LogP contribution in [0.5, 0.6) is 0 Å². The van der Waals surface area contributed by atoms with Gasteiger partial charge in [0.15, 0.2) is 0 Å². The Kier molecular flexibility index (Phi) is 5.23. The van der Waals surface area contributed by atoms with Crippen LogP contribution in [-0.4, -0.2) is 41.3 Å². The fourth-order valence-electron chi connectivity index (χ4n) is 3.06. The number of likely N-dealkylation sites (tertiary alicyclic amines) is 1. The van der Waals surface area contributed by atoms with Crippen molar-refractivity contribution in [2.75, 3.05) is 19.7 Å². The second kappa shape index (κ2) is 6.94. The van der Waals surface area contributed by atoms with Gasteiger partial charge in [0, 0.05) is 19.0 Å². The van der Waals surface area contributed by atoms with Crippen molar-refractivity contribution in [1.82, 2.24) is 10.2 Å². The summed E-state index contributed by atoms with van der Waals surface area (Å²) in [6, 6.07) is 10.2. The van der Waals surface area contributed by atoms with Gasteiger partial charge in [-0.25, -0.2) is 4.79 Å². The number of nitrogens with one attached hydrogen (secondary N) is 1. The Morgan fingerprint density at radius 3 is 2.76 bits per heavy atom. The monoisotopic (exact) mass is 290 g/mol. The Bertz CT molecular complexity index is 463. The van der Waals surface area contributed by atoms with Gasteiger partial charge in [0.2, 0.25) is 0 Å². The van der Waals surface area contributed by atoms with Gasteiger partial charge in [0.1, 0.15) is 0 Å². The van der Waals surface area contributed by atoms with Crippen LogP contribution in [0.3, 0.4) is 0 Å². The molecule has 1 aliphatic rings. The summed E-state index contributed by atoms with van der Waals surface area (Å²) in [6.45, 7) is 5.48. The number of hydrogen-bond acceptors (Lipinski definition) is 2. The molecule has 1 aromatic carbocycles. The van der Waals surface area contributed by atoms with E-state index in [9.17, 15) is 9.90 Å². The molecule has 1 aromatic rings. The topological polar surface area (TPSA) is 52.6 Å². The second-order valence-electron chi connectivity index (χ2n) is 6.11. The molecule has 2 amide bonds. The van der Waals surface area contributed by atoms with Crippen molar-refractivity contribution in [2.24, 2.45) is 0 Å². The van der Waals surface area contributed by atoms with Crippen molar-refractivity contribution in [3.05, 3.63) is 35.9 Å². The Morgan fingerprint density at radius 2 is 2.14 bits per heavy atom. The summed E-state index contributed by atoms with van der Waals surface area (Å²) in [5.41, 5.74) is 0.852. The highest BCUT2D eigenvalue weighted by Gasteiger charge is 2.39. The third kappa shape index (κ3) is 3.56. The summed E-state index contributed by atoms with van der Waals surface area (Å²) >= 11 is 0. The summed E-state index contributed by atoms with van der Waals surface area (Å²) < 4.78 is 0. The highest BCUT2D eigenvalue weighted by molar-refractivity contribution is 5.75. The smallest absolute Gasteiger partial charge is 0.317 e. The molecule has 1 fully saturated rings. The molecule has 21 heavy (non-hydrogen) atoms. The minimum atomic E-state index is -0.404. The molecule has 4 heteroatoms. The lowest BCUT2D eigenvalue weighted by Crippen LogP contribution is -2.52. The molecule has 0 radical (unpaired) electrons. The Hall–Kier alpha value is -1.55. The van der Waals surface area contributed by atoms with Gasteiger partial charge < -0.3 is 15.3 Å². The van der Waals surface area contributed by atoms with Crippen molar-refractivity contribution in [3.63, 3.8) is 0 Å². The average Bonchev–Trinajstić information content (AvgIpc) is 2.91. The third-order valence-electron chi connectivity index (χ3n) is 4.60. The van der Waals surface area contributed by atoms with E-state index in [0.29, 0.717) is 12.5 Å². The number of aliphatic hydroxyl groups is 1. The molecule has 0 aromatic heterocycles. The van der Waals surface area contributed by atoms with Gasteiger partial charge in [-0.05, 0) is 31.7 Å². The second-order valence-corrected chi connectivity index (χ2v) is 6.11. The Morgan fingerprint density at radius 1 is 1.43 bits per heavy atom. The van der Waals surface area contributed by atoms with Gasteiger partial charge in [-0.1, -0.05) is 37.3 Å². The molecule has 0 spiro atoms. The number of benzene rings is 1. The van der Waals surface area contributed by atoms with E-state index in [1.165, 1.54) is 5.56 Å². The number of nitrogens with zero attached hydrogens (tertiary/aromatic N) is 1. The maximum atomic E-state index is 12.4.